The van der Waals surface area contributed by atoms with Gasteiger partial charge < -0.3 is 20.0 Å². The van der Waals surface area contributed by atoms with Crippen molar-refractivity contribution >= 4 is 17.6 Å². The number of hydrogen-bond acceptors (Lipinski definition) is 4. The van der Waals surface area contributed by atoms with Gasteiger partial charge in [0.1, 0.15) is 5.75 Å². The highest BCUT2D eigenvalue weighted by molar-refractivity contribution is 5.77. The average Bonchev–Trinajstić information content (AvgIpc) is 2.47. The number of aliphatic carboxylic acids is 1. The Hall–Kier alpha value is -2.24. The maximum Gasteiger partial charge on any atom is 0.303 e. The summed E-state index contributed by atoms with van der Waals surface area (Å²) in [7, 11) is 0. The van der Waals surface area contributed by atoms with Crippen LogP contribution in [0.5, 0.6) is 5.75 Å². The molecular formula is C15H20N2O4. The van der Waals surface area contributed by atoms with Crippen LogP contribution in [-0.4, -0.2) is 53.2 Å². The van der Waals surface area contributed by atoms with Crippen molar-refractivity contribution in [2.24, 2.45) is 0 Å². The number of phenolic OH excluding ortho intramolecular Hbond substituents is 1. The van der Waals surface area contributed by atoms with Crippen LogP contribution in [0.1, 0.15) is 19.3 Å². The van der Waals surface area contributed by atoms with E-state index in [9.17, 15) is 14.7 Å². The lowest BCUT2D eigenvalue weighted by Gasteiger charge is -2.36. The maximum atomic E-state index is 12.0. The van der Waals surface area contributed by atoms with Gasteiger partial charge in [0.15, 0.2) is 0 Å². The van der Waals surface area contributed by atoms with E-state index in [4.69, 9.17) is 5.11 Å². The van der Waals surface area contributed by atoms with E-state index >= 15 is 0 Å². The number of carboxylic acid groups (broad SMARTS) is 1. The summed E-state index contributed by atoms with van der Waals surface area (Å²) >= 11 is 0. The summed E-state index contributed by atoms with van der Waals surface area (Å²) in [6.45, 7) is 2.53. The van der Waals surface area contributed by atoms with Gasteiger partial charge in [0.2, 0.25) is 5.91 Å². The Balaban J connectivity index is 1.82. The van der Waals surface area contributed by atoms with Crippen molar-refractivity contribution in [3.63, 3.8) is 0 Å². The molecule has 114 valence electrons. The predicted octanol–water partition coefficient (Wildman–Crippen LogP) is 1.30. The van der Waals surface area contributed by atoms with Crippen LogP contribution in [0, 0.1) is 0 Å². The maximum absolute atomic E-state index is 12.0. The summed E-state index contributed by atoms with van der Waals surface area (Å²) in [4.78, 5) is 26.2. The summed E-state index contributed by atoms with van der Waals surface area (Å²) in [5.41, 5.74) is 0.787. The summed E-state index contributed by atoms with van der Waals surface area (Å²) in [6, 6.07) is 7.16. The zero-order valence-electron chi connectivity index (χ0n) is 11.9. The van der Waals surface area contributed by atoms with Crippen LogP contribution in [0.2, 0.25) is 0 Å². The van der Waals surface area contributed by atoms with Crippen LogP contribution in [0.4, 0.5) is 5.69 Å². The van der Waals surface area contributed by atoms with Crippen molar-refractivity contribution in [3.8, 4) is 5.75 Å². The van der Waals surface area contributed by atoms with Gasteiger partial charge in [-0.05, 0) is 18.6 Å². The molecule has 21 heavy (non-hydrogen) atoms. The first kappa shape index (κ1) is 15.2. The van der Waals surface area contributed by atoms with Crippen LogP contribution >= 0.6 is 0 Å². The van der Waals surface area contributed by atoms with Crippen LogP contribution in [0.3, 0.4) is 0 Å². The van der Waals surface area contributed by atoms with Crippen molar-refractivity contribution in [3.05, 3.63) is 24.3 Å². The molecule has 1 amide bonds. The summed E-state index contributed by atoms with van der Waals surface area (Å²) in [6.07, 6.45) is 0.695. The number of anilines is 1. The van der Waals surface area contributed by atoms with E-state index in [-0.39, 0.29) is 24.5 Å². The van der Waals surface area contributed by atoms with Crippen molar-refractivity contribution < 1.29 is 19.8 Å². The van der Waals surface area contributed by atoms with Crippen LogP contribution in [0.15, 0.2) is 24.3 Å². The van der Waals surface area contributed by atoms with Crippen LogP contribution in [0.25, 0.3) is 0 Å². The number of rotatable bonds is 5. The lowest BCUT2D eigenvalue weighted by molar-refractivity contribution is -0.137. The second kappa shape index (κ2) is 6.97. The highest BCUT2D eigenvalue weighted by Crippen LogP contribution is 2.27. The number of nitrogens with zero attached hydrogens (tertiary/aromatic N) is 2. The van der Waals surface area contributed by atoms with Gasteiger partial charge in [-0.2, -0.15) is 0 Å². The number of carbonyl (C=O) groups excluding carboxylic acids is 1. The van der Waals surface area contributed by atoms with E-state index in [0.29, 0.717) is 32.6 Å². The van der Waals surface area contributed by atoms with E-state index in [1.807, 2.05) is 12.1 Å². The summed E-state index contributed by atoms with van der Waals surface area (Å²) in [5.74, 6) is -0.612. The lowest BCUT2D eigenvalue weighted by Crippen LogP contribution is -2.48. The second-order valence-corrected chi connectivity index (χ2v) is 5.10. The Morgan fingerprint density at radius 2 is 1.71 bits per heavy atom. The van der Waals surface area contributed by atoms with Crippen molar-refractivity contribution in [1.82, 2.24) is 4.90 Å². The fourth-order valence-corrected chi connectivity index (χ4v) is 2.48. The van der Waals surface area contributed by atoms with Crippen LogP contribution in [-0.2, 0) is 9.59 Å². The van der Waals surface area contributed by atoms with Gasteiger partial charge in [-0.25, -0.2) is 0 Å². The molecule has 1 aliphatic heterocycles. The first-order chi connectivity index (χ1) is 10.1. The summed E-state index contributed by atoms with van der Waals surface area (Å²) in [5, 5.41) is 18.4. The molecule has 0 unspecified atom stereocenters. The third-order valence-corrected chi connectivity index (χ3v) is 3.64. The Kier molecular flexibility index (Phi) is 5.03. The second-order valence-electron chi connectivity index (χ2n) is 5.10. The zero-order chi connectivity index (χ0) is 15.2. The van der Waals surface area contributed by atoms with Crippen molar-refractivity contribution in [2.75, 3.05) is 31.1 Å². The van der Waals surface area contributed by atoms with Crippen LogP contribution < -0.4 is 4.90 Å². The smallest absolute Gasteiger partial charge is 0.303 e. The third-order valence-electron chi connectivity index (χ3n) is 3.64. The van der Waals surface area contributed by atoms with Crippen molar-refractivity contribution in [1.29, 1.82) is 0 Å². The highest BCUT2D eigenvalue weighted by Gasteiger charge is 2.22. The minimum atomic E-state index is -0.868. The monoisotopic (exact) mass is 292 g/mol. The average molecular weight is 292 g/mol. The van der Waals surface area contributed by atoms with Gasteiger partial charge in [-0.1, -0.05) is 12.1 Å². The molecule has 1 fully saturated rings. The van der Waals surface area contributed by atoms with Gasteiger partial charge in [0.05, 0.1) is 5.69 Å². The van der Waals surface area contributed by atoms with Gasteiger partial charge in [-0.15, -0.1) is 0 Å². The molecule has 2 rings (SSSR count). The fourth-order valence-electron chi connectivity index (χ4n) is 2.48. The first-order valence-corrected chi connectivity index (χ1v) is 7.10. The molecule has 0 radical (unpaired) electrons. The number of piperazine rings is 1. The number of amides is 1. The molecule has 6 heteroatoms. The normalized spacial score (nSPS) is 15.0. The SMILES string of the molecule is O=C(O)CCCC(=O)N1CCN(c2ccccc2O)CC1. The molecular weight excluding hydrogens is 272 g/mol. The molecule has 6 nitrogen and oxygen atoms in total. The topological polar surface area (TPSA) is 81.1 Å². The zero-order valence-corrected chi connectivity index (χ0v) is 11.9. The summed E-state index contributed by atoms with van der Waals surface area (Å²) < 4.78 is 0. The molecule has 2 N–H and O–H groups in total. The molecule has 1 aromatic rings. The molecule has 1 aliphatic rings. The number of carboxylic acids is 1. The predicted molar refractivity (Wildman–Crippen MR) is 78.4 cm³/mol. The number of hydrogen-bond donors (Lipinski definition) is 2. The Morgan fingerprint density at radius 3 is 2.33 bits per heavy atom. The van der Waals surface area contributed by atoms with Gasteiger partial charge in [-0.3, -0.25) is 9.59 Å². The molecule has 0 atom stereocenters. The number of para-hydroxylation sites is 2. The fraction of sp³-hybridized carbons (Fsp3) is 0.467. The molecule has 0 aliphatic carbocycles. The third kappa shape index (κ3) is 4.11. The highest BCUT2D eigenvalue weighted by atomic mass is 16.4. The van der Waals surface area contributed by atoms with E-state index in [1.54, 1.807) is 17.0 Å². The largest absolute Gasteiger partial charge is 0.506 e. The van der Waals surface area contributed by atoms with E-state index < -0.39 is 5.97 Å². The van der Waals surface area contributed by atoms with Gasteiger partial charge >= 0.3 is 5.97 Å². The minimum Gasteiger partial charge on any atom is -0.506 e. The van der Waals surface area contributed by atoms with Gasteiger partial charge in [0, 0.05) is 39.0 Å². The van der Waals surface area contributed by atoms with Gasteiger partial charge in [0.25, 0.3) is 0 Å². The molecule has 0 bridgehead atoms. The molecule has 0 spiro atoms. The first-order valence-electron chi connectivity index (χ1n) is 7.10. The number of carbonyl (C=O) groups is 2. The molecule has 0 saturated carbocycles. The lowest BCUT2D eigenvalue weighted by atomic mass is 10.2. The Morgan fingerprint density at radius 1 is 1.05 bits per heavy atom. The molecule has 1 aromatic carbocycles. The van der Waals surface area contributed by atoms with Crippen molar-refractivity contribution in [2.45, 2.75) is 19.3 Å². The van der Waals surface area contributed by atoms with E-state index in [1.165, 1.54) is 0 Å². The number of phenols is 1. The molecule has 0 aromatic heterocycles. The van der Waals surface area contributed by atoms with E-state index in [2.05, 4.69) is 4.90 Å². The number of benzene rings is 1. The van der Waals surface area contributed by atoms with E-state index in [0.717, 1.165) is 5.69 Å². The minimum absolute atomic E-state index is 0.00758. The molecule has 1 saturated heterocycles. The molecule has 1 heterocycles. The Bertz CT molecular complexity index is 510. The standard InChI is InChI=1S/C15H20N2O4/c18-13-5-2-1-4-12(13)16-8-10-17(11-9-16)14(19)6-3-7-15(20)21/h1-2,4-5,18H,3,6-11H2,(H,20,21). The number of aromatic hydroxyl groups is 1. The Labute approximate surface area is 123 Å². The quantitative estimate of drug-likeness (QED) is 0.855.